The number of aromatic nitrogens is 1. The van der Waals surface area contributed by atoms with Gasteiger partial charge >= 0.3 is 11.8 Å². The number of pyridine rings is 1. The topological polar surface area (TPSA) is 122 Å². The van der Waals surface area contributed by atoms with Gasteiger partial charge in [-0.3, -0.25) is 14.4 Å². The minimum absolute atomic E-state index is 0.164. The van der Waals surface area contributed by atoms with Crippen LogP contribution in [-0.2, 0) is 9.59 Å². The lowest BCUT2D eigenvalue weighted by Gasteiger charge is -2.11. The first-order valence-electron chi connectivity index (χ1n) is 11.3. The summed E-state index contributed by atoms with van der Waals surface area (Å²) in [6.07, 6.45) is 1.30. The van der Waals surface area contributed by atoms with Gasteiger partial charge in [-0.05, 0) is 55.5 Å². The molecule has 0 spiro atoms. The third-order valence-corrected chi connectivity index (χ3v) is 5.43. The van der Waals surface area contributed by atoms with Crippen molar-refractivity contribution < 1.29 is 19.1 Å². The predicted octanol–water partition coefficient (Wildman–Crippen LogP) is 4.63. The Kier molecular flexibility index (Phi) is 8.07. The van der Waals surface area contributed by atoms with Crippen molar-refractivity contribution >= 4 is 57.8 Å². The van der Waals surface area contributed by atoms with Crippen LogP contribution in [0.5, 0.6) is 5.75 Å². The number of halogens is 1. The lowest BCUT2D eigenvalue weighted by atomic mass is 10.1. The normalized spacial score (nSPS) is 10.8. The molecule has 0 bridgehead atoms. The molecule has 0 unspecified atom stereocenters. The van der Waals surface area contributed by atoms with Crippen LogP contribution < -0.4 is 20.8 Å². The van der Waals surface area contributed by atoms with Crippen molar-refractivity contribution in [3.63, 3.8) is 0 Å². The second-order valence-corrected chi connectivity index (χ2v) is 8.03. The van der Waals surface area contributed by atoms with Gasteiger partial charge in [-0.15, -0.1) is 0 Å². The van der Waals surface area contributed by atoms with Crippen molar-refractivity contribution in [3.8, 4) is 5.75 Å². The molecule has 1 heterocycles. The first kappa shape index (κ1) is 25.3. The number of amides is 3. The fraction of sp³-hybridized carbons (Fsp3) is 0.0741. The molecule has 10 heteroatoms. The maximum absolute atomic E-state index is 12.8. The van der Waals surface area contributed by atoms with E-state index in [4.69, 9.17) is 16.3 Å². The minimum Gasteiger partial charge on any atom is -0.494 e. The van der Waals surface area contributed by atoms with Crippen LogP contribution in [0.15, 0.2) is 84.0 Å². The fourth-order valence-corrected chi connectivity index (χ4v) is 3.57. The second kappa shape index (κ2) is 11.8. The molecule has 0 atom stereocenters. The average molecular weight is 516 g/mol. The average Bonchev–Trinajstić information content (AvgIpc) is 2.90. The largest absolute Gasteiger partial charge is 0.494 e. The summed E-state index contributed by atoms with van der Waals surface area (Å²) >= 11 is 6.18. The molecule has 3 amide bonds. The molecule has 4 rings (SSSR count). The van der Waals surface area contributed by atoms with Crippen molar-refractivity contribution in [2.75, 3.05) is 17.2 Å². The van der Waals surface area contributed by atoms with E-state index in [-0.39, 0.29) is 16.4 Å². The van der Waals surface area contributed by atoms with Crippen molar-refractivity contribution in [1.29, 1.82) is 0 Å². The molecule has 9 nitrogen and oxygen atoms in total. The standard InChI is InChI=1S/C27H22ClN5O4/c1-2-37-20-13-11-19(12-14-20)30-25(34)21-8-4-6-10-23(21)32-26(35)27(36)33-29-16-18-15-17-7-3-5-9-22(17)31-24(18)28/h3-16H,2H2,1H3,(H,30,34)(H,32,35)(H,33,36). The highest BCUT2D eigenvalue weighted by molar-refractivity contribution is 6.40. The molecule has 4 aromatic rings. The minimum atomic E-state index is -1.03. The summed E-state index contributed by atoms with van der Waals surface area (Å²) in [5.74, 6) is -1.80. The van der Waals surface area contributed by atoms with E-state index < -0.39 is 17.7 Å². The number of benzene rings is 3. The quantitative estimate of drug-likeness (QED) is 0.143. The number of ether oxygens (including phenoxy) is 1. The van der Waals surface area contributed by atoms with E-state index in [1.54, 1.807) is 42.5 Å². The molecule has 1 aromatic heterocycles. The highest BCUT2D eigenvalue weighted by atomic mass is 35.5. The third kappa shape index (κ3) is 6.47. The van der Waals surface area contributed by atoms with Crippen molar-refractivity contribution in [1.82, 2.24) is 10.4 Å². The SMILES string of the molecule is CCOc1ccc(NC(=O)c2ccccc2NC(=O)C(=O)NN=Cc2cc3ccccc3nc2Cl)cc1. The Balaban J connectivity index is 1.39. The zero-order valence-corrected chi connectivity index (χ0v) is 20.5. The Morgan fingerprint density at radius 2 is 1.68 bits per heavy atom. The van der Waals surface area contributed by atoms with Gasteiger partial charge in [0.15, 0.2) is 0 Å². The van der Waals surface area contributed by atoms with Crippen LogP contribution in [-0.4, -0.2) is 35.5 Å². The number of carbonyl (C=O) groups excluding carboxylic acids is 3. The van der Waals surface area contributed by atoms with Gasteiger partial charge in [-0.2, -0.15) is 5.10 Å². The monoisotopic (exact) mass is 515 g/mol. The van der Waals surface area contributed by atoms with E-state index in [0.717, 1.165) is 10.9 Å². The molecule has 0 saturated heterocycles. The zero-order chi connectivity index (χ0) is 26.2. The number of carbonyl (C=O) groups is 3. The molecule has 186 valence electrons. The molecule has 0 saturated carbocycles. The van der Waals surface area contributed by atoms with Crippen LogP contribution in [0.1, 0.15) is 22.8 Å². The maximum Gasteiger partial charge on any atom is 0.329 e. The summed E-state index contributed by atoms with van der Waals surface area (Å²) in [4.78, 5) is 41.8. The zero-order valence-electron chi connectivity index (χ0n) is 19.7. The number of hydrogen-bond donors (Lipinski definition) is 3. The van der Waals surface area contributed by atoms with Gasteiger partial charge in [0.2, 0.25) is 0 Å². The van der Waals surface area contributed by atoms with Crippen molar-refractivity contribution in [2.45, 2.75) is 6.92 Å². The molecule has 0 radical (unpaired) electrons. The van der Waals surface area contributed by atoms with Crippen molar-refractivity contribution in [2.24, 2.45) is 5.10 Å². The van der Waals surface area contributed by atoms with Crippen LogP contribution in [0.4, 0.5) is 11.4 Å². The fourth-order valence-electron chi connectivity index (χ4n) is 3.38. The number of para-hydroxylation sites is 2. The first-order chi connectivity index (χ1) is 17.9. The number of hydrazone groups is 1. The van der Waals surface area contributed by atoms with Crippen LogP contribution in [0.2, 0.25) is 5.15 Å². The third-order valence-electron chi connectivity index (χ3n) is 5.12. The second-order valence-electron chi connectivity index (χ2n) is 7.67. The van der Waals surface area contributed by atoms with Crippen LogP contribution >= 0.6 is 11.6 Å². The molecular weight excluding hydrogens is 494 g/mol. The summed E-state index contributed by atoms with van der Waals surface area (Å²) < 4.78 is 5.39. The lowest BCUT2D eigenvalue weighted by Crippen LogP contribution is -2.33. The molecule has 0 aliphatic rings. The Labute approximate surface area is 217 Å². The molecule has 37 heavy (non-hydrogen) atoms. The molecular formula is C27H22ClN5O4. The van der Waals surface area contributed by atoms with Gasteiger partial charge in [0.25, 0.3) is 5.91 Å². The number of hydrogen-bond acceptors (Lipinski definition) is 6. The Morgan fingerprint density at radius 1 is 0.946 bits per heavy atom. The van der Waals surface area contributed by atoms with Gasteiger partial charge in [-0.25, -0.2) is 10.4 Å². The van der Waals surface area contributed by atoms with Gasteiger partial charge in [0.1, 0.15) is 10.9 Å². The summed E-state index contributed by atoms with van der Waals surface area (Å²) in [6.45, 7) is 2.41. The van der Waals surface area contributed by atoms with Gasteiger partial charge in [0.05, 0.1) is 29.6 Å². The highest BCUT2D eigenvalue weighted by Gasteiger charge is 2.18. The smallest absolute Gasteiger partial charge is 0.329 e. The molecule has 0 aliphatic heterocycles. The molecule has 3 aromatic carbocycles. The Hall–Kier alpha value is -4.76. The molecule has 0 fully saturated rings. The predicted molar refractivity (Wildman–Crippen MR) is 143 cm³/mol. The number of nitrogens with zero attached hydrogens (tertiary/aromatic N) is 2. The van der Waals surface area contributed by atoms with Crippen LogP contribution in [0.3, 0.4) is 0 Å². The van der Waals surface area contributed by atoms with Gasteiger partial charge in [-0.1, -0.05) is 41.9 Å². The van der Waals surface area contributed by atoms with E-state index in [0.29, 0.717) is 23.6 Å². The Bertz CT molecular complexity index is 1490. The lowest BCUT2D eigenvalue weighted by molar-refractivity contribution is -0.136. The molecule has 0 aliphatic carbocycles. The number of nitrogens with one attached hydrogen (secondary N) is 3. The summed E-state index contributed by atoms with van der Waals surface area (Å²) in [7, 11) is 0. The first-order valence-corrected chi connectivity index (χ1v) is 11.7. The number of rotatable bonds is 7. The number of fused-ring (bicyclic) bond motifs is 1. The summed E-state index contributed by atoms with van der Waals surface area (Å²) in [5.41, 5.74) is 4.23. The highest BCUT2D eigenvalue weighted by Crippen LogP contribution is 2.20. The van der Waals surface area contributed by atoms with E-state index in [9.17, 15) is 14.4 Å². The van der Waals surface area contributed by atoms with Crippen LogP contribution in [0.25, 0.3) is 10.9 Å². The van der Waals surface area contributed by atoms with Crippen LogP contribution in [0, 0.1) is 0 Å². The van der Waals surface area contributed by atoms with Gasteiger partial charge in [0, 0.05) is 16.6 Å². The maximum atomic E-state index is 12.8. The summed E-state index contributed by atoms with van der Waals surface area (Å²) in [6, 6.07) is 22.4. The Morgan fingerprint density at radius 3 is 2.46 bits per heavy atom. The van der Waals surface area contributed by atoms with Gasteiger partial charge < -0.3 is 15.4 Å². The van der Waals surface area contributed by atoms with E-state index in [2.05, 4.69) is 26.1 Å². The van der Waals surface area contributed by atoms with Crippen molar-refractivity contribution in [3.05, 3.63) is 95.1 Å². The van der Waals surface area contributed by atoms with E-state index in [1.807, 2.05) is 31.2 Å². The number of anilines is 2. The molecule has 3 N–H and O–H groups in total. The van der Waals surface area contributed by atoms with E-state index >= 15 is 0 Å². The summed E-state index contributed by atoms with van der Waals surface area (Å²) in [5, 5.41) is 10.0. The van der Waals surface area contributed by atoms with E-state index in [1.165, 1.54) is 18.3 Å².